The van der Waals surface area contributed by atoms with E-state index in [1.165, 1.54) is 24.0 Å². The lowest BCUT2D eigenvalue weighted by molar-refractivity contribution is 0.141. The van der Waals surface area contributed by atoms with Crippen molar-refractivity contribution in [2.24, 2.45) is 5.92 Å². The lowest BCUT2D eigenvalue weighted by Crippen LogP contribution is -2.10. The van der Waals surface area contributed by atoms with Crippen LogP contribution in [0.1, 0.15) is 30.4 Å². The Morgan fingerprint density at radius 1 is 1.41 bits per heavy atom. The number of fused-ring (bicyclic) bond motifs is 1. The second kappa shape index (κ2) is 4.62. The molecule has 1 N–H and O–H groups in total. The molecule has 0 saturated heterocycles. The SMILES string of the molecule is OC(CCc1cc(Br)cc2c1OCC2)C1CC1. The molecule has 1 fully saturated rings. The summed E-state index contributed by atoms with van der Waals surface area (Å²) < 4.78 is 6.81. The Morgan fingerprint density at radius 2 is 2.24 bits per heavy atom. The van der Waals surface area contributed by atoms with E-state index in [1.807, 2.05) is 0 Å². The Bertz CT molecular complexity index is 426. The molecular formula is C14H17BrO2. The number of benzene rings is 1. The van der Waals surface area contributed by atoms with Gasteiger partial charge in [0.1, 0.15) is 5.75 Å². The van der Waals surface area contributed by atoms with Gasteiger partial charge in [0.2, 0.25) is 0 Å². The first-order valence-corrected chi connectivity index (χ1v) is 7.15. The number of aliphatic hydroxyl groups is 1. The minimum absolute atomic E-state index is 0.119. The number of aryl methyl sites for hydroxylation is 1. The fourth-order valence-electron chi connectivity index (χ4n) is 2.55. The van der Waals surface area contributed by atoms with Gasteiger partial charge in [-0.25, -0.2) is 0 Å². The van der Waals surface area contributed by atoms with Gasteiger partial charge in [-0.15, -0.1) is 0 Å². The second-order valence-electron chi connectivity index (χ2n) is 5.10. The number of aliphatic hydroxyl groups excluding tert-OH is 1. The molecule has 1 atom stereocenters. The summed E-state index contributed by atoms with van der Waals surface area (Å²) in [5.74, 6) is 1.63. The molecule has 0 bridgehead atoms. The van der Waals surface area contributed by atoms with Crippen LogP contribution in [0.5, 0.6) is 5.75 Å². The molecule has 0 aromatic heterocycles. The van der Waals surface area contributed by atoms with Gasteiger partial charge in [-0.2, -0.15) is 0 Å². The fourth-order valence-corrected chi connectivity index (χ4v) is 3.10. The Morgan fingerprint density at radius 3 is 3.00 bits per heavy atom. The first-order valence-electron chi connectivity index (χ1n) is 6.36. The van der Waals surface area contributed by atoms with Crippen LogP contribution in [0.3, 0.4) is 0 Å². The first-order chi connectivity index (χ1) is 8.24. The van der Waals surface area contributed by atoms with Crippen LogP contribution >= 0.6 is 15.9 Å². The molecule has 2 aliphatic rings. The highest BCUT2D eigenvalue weighted by atomic mass is 79.9. The van der Waals surface area contributed by atoms with Crippen molar-refractivity contribution in [3.63, 3.8) is 0 Å². The summed E-state index contributed by atoms with van der Waals surface area (Å²) in [7, 11) is 0. The first kappa shape index (κ1) is 11.5. The topological polar surface area (TPSA) is 29.5 Å². The lowest BCUT2D eigenvalue weighted by Gasteiger charge is -2.12. The Balaban J connectivity index is 1.73. The zero-order valence-corrected chi connectivity index (χ0v) is 11.4. The van der Waals surface area contributed by atoms with Gasteiger partial charge in [0.25, 0.3) is 0 Å². The normalized spacial score (nSPS) is 19.9. The Labute approximate surface area is 110 Å². The highest BCUT2D eigenvalue weighted by molar-refractivity contribution is 9.10. The van der Waals surface area contributed by atoms with Gasteiger partial charge >= 0.3 is 0 Å². The zero-order chi connectivity index (χ0) is 11.8. The van der Waals surface area contributed by atoms with E-state index in [1.54, 1.807) is 0 Å². The second-order valence-corrected chi connectivity index (χ2v) is 6.01. The Hall–Kier alpha value is -0.540. The van der Waals surface area contributed by atoms with E-state index >= 15 is 0 Å². The molecule has 3 rings (SSSR count). The number of hydrogen-bond donors (Lipinski definition) is 1. The summed E-state index contributed by atoms with van der Waals surface area (Å²) in [4.78, 5) is 0. The van der Waals surface area contributed by atoms with Crippen LogP contribution in [0, 0.1) is 5.92 Å². The molecule has 1 heterocycles. The van der Waals surface area contributed by atoms with E-state index in [2.05, 4.69) is 28.1 Å². The lowest BCUT2D eigenvalue weighted by atomic mass is 10.0. The van der Waals surface area contributed by atoms with Crippen LogP contribution in [-0.4, -0.2) is 17.8 Å². The molecule has 1 aliphatic carbocycles. The van der Waals surface area contributed by atoms with E-state index in [-0.39, 0.29) is 6.10 Å². The monoisotopic (exact) mass is 296 g/mol. The van der Waals surface area contributed by atoms with Crippen LogP contribution in [0.15, 0.2) is 16.6 Å². The number of halogens is 1. The standard InChI is InChI=1S/C14H17BrO2/c15-12-7-10(3-4-13(16)9-1-2-9)14-11(8-12)5-6-17-14/h7-9,13,16H,1-6H2. The van der Waals surface area contributed by atoms with Gasteiger partial charge in [0.05, 0.1) is 12.7 Å². The summed E-state index contributed by atoms with van der Waals surface area (Å²) in [6.45, 7) is 0.796. The van der Waals surface area contributed by atoms with Crippen molar-refractivity contribution in [3.05, 3.63) is 27.7 Å². The Kier molecular flexibility index (Phi) is 3.14. The van der Waals surface area contributed by atoms with E-state index in [0.717, 1.165) is 36.1 Å². The summed E-state index contributed by atoms with van der Waals surface area (Å²) >= 11 is 3.55. The predicted molar refractivity (Wildman–Crippen MR) is 70.4 cm³/mol. The molecule has 0 spiro atoms. The zero-order valence-electron chi connectivity index (χ0n) is 9.79. The van der Waals surface area contributed by atoms with E-state index in [4.69, 9.17) is 4.74 Å². The van der Waals surface area contributed by atoms with Gasteiger partial charge in [-0.3, -0.25) is 0 Å². The van der Waals surface area contributed by atoms with Crippen molar-refractivity contribution in [2.75, 3.05) is 6.61 Å². The van der Waals surface area contributed by atoms with Gasteiger partial charge < -0.3 is 9.84 Å². The van der Waals surface area contributed by atoms with Crippen LogP contribution in [0.4, 0.5) is 0 Å². The van der Waals surface area contributed by atoms with E-state index in [0.29, 0.717) is 5.92 Å². The van der Waals surface area contributed by atoms with E-state index in [9.17, 15) is 5.11 Å². The van der Waals surface area contributed by atoms with Crippen molar-refractivity contribution in [1.82, 2.24) is 0 Å². The number of ether oxygens (including phenoxy) is 1. The highest BCUT2D eigenvalue weighted by Crippen LogP contribution is 2.37. The maximum atomic E-state index is 9.92. The van der Waals surface area contributed by atoms with Crippen LogP contribution in [0.25, 0.3) is 0 Å². The average Bonchev–Trinajstić information content (AvgIpc) is 3.05. The molecule has 0 amide bonds. The summed E-state index contributed by atoms with van der Waals surface area (Å²) in [5, 5.41) is 9.92. The minimum Gasteiger partial charge on any atom is -0.493 e. The number of hydrogen-bond acceptors (Lipinski definition) is 2. The highest BCUT2D eigenvalue weighted by Gasteiger charge is 2.29. The molecular weight excluding hydrogens is 280 g/mol. The summed E-state index contributed by atoms with van der Waals surface area (Å²) in [6.07, 6.45) is 5.07. The smallest absolute Gasteiger partial charge is 0.125 e. The molecule has 92 valence electrons. The molecule has 17 heavy (non-hydrogen) atoms. The molecule has 3 heteroatoms. The van der Waals surface area contributed by atoms with Crippen molar-refractivity contribution >= 4 is 15.9 Å². The van der Waals surface area contributed by atoms with Crippen molar-refractivity contribution < 1.29 is 9.84 Å². The van der Waals surface area contributed by atoms with Crippen molar-refractivity contribution in [3.8, 4) is 5.75 Å². The van der Waals surface area contributed by atoms with Crippen LogP contribution in [0.2, 0.25) is 0 Å². The van der Waals surface area contributed by atoms with Crippen molar-refractivity contribution in [2.45, 2.75) is 38.2 Å². The molecule has 2 nitrogen and oxygen atoms in total. The molecule has 1 saturated carbocycles. The van der Waals surface area contributed by atoms with E-state index < -0.39 is 0 Å². The molecule has 1 aromatic rings. The predicted octanol–water partition coefficient (Wildman–Crippen LogP) is 3.09. The molecule has 1 unspecified atom stereocenters. The number of rotatable bonds is 4. The largest absolute Gasteiger partial charge is 0.493 e. The van der Waals surface area contributed by atoms with Crippen LogP contribution < -0.4 is 4.74 Å². The quantitative estimate of drug-likeness (QED) is 0.925. The fraction of sp³-hybridized carbons (Fsp3) is 0.571. The van der Waals surface area contributed by atoms with Crippen LogP contribution in [-0.2, 0) is 12.8 Å². The summed E-state index contributed by atoms with van der Waals surface area (Å²) in [6, 6.07) is 4.27. The summed E-state index contributed by atoms with van der Waals surface area (Å²) in [5.41, 5.74) is 2.54. The maximum absolute atomic E-state index is 9.92. The van der Waals surface area contributed by atoms with Gasteiger partial charge in [0.15, 0.2) is 0 Å². The van der Waals surface area contributed by atoms with Gasteiger partial charge in [-0.05, 0) is 54.9 Å². The van der Waals surface area contributed by atoms with Crippen molar-refractivity contribution in [1.29, 1.82) is 0 Å². The van der Waals surface area contributed by atoms with Gasteiger partial charge in [0, 0.05) is 10.9 Å². The molecule has 0 radical (unpaired) electrons. The third kappa shape index (κ3) is 2.50. The minimum atomic E-state index is -0.119. The maximum Gasteiger partial charge on any atom is 0.125 e. The van der Waals surface area contributed by atoms with Gasteiger partial charge in [-0.1, -0.05) is 15.9 Å². The third-order valence-electron chi connectivity index (χ3n) is 3.70. The third-order valence-corrected chi connectivity index (χ3v) is 4.16. The molecule has 1 aromatic carbocycles. The molecule has 1 aliphatic heterocycles. The average molecular weight is 297 g/mol.